The van der Waals surface area contributed by atoms with Crippen molar-refractivity contribution >= 4 is 27.3 Å². The first-order chi connectivity index (χ1) is 20.9. The van der Waals surface area contributed by atoms with E-state index in [9.17, 15) is 18.7 Å². The predicted octanol–water partition coefficient (Wildman–Crippen LogP) is 8.04. The third kappa shape index (κ3) is 11.4. The lowest BCUT2D eigenvalue weighted by molar-refractivity contribution is -0.150. The molecule has 0 aliphatic rings. The molecular weight excluding hydrogens is 582 g/mol. The number of hydrogen-bond acceptors (Lipinski definition) is 7. The van der Waals surface area contributed by atoms with Crippen molar-refractivity contribution < 1.29 is 32.5 Å². The van der Waals surface area contributed by atoms with Crippen molar-refractivity contribution in [3.8, 4) is 0 Å². The molecule has 3 atom stereocenters. The molecule has 0 amide bonds. The quantitative estimate of drug-likeness (QED) is 0.0926. The Morgan fingerprint density at radius 1 is 0.651 bits per heavy atom. The zero-order valence-electron chi connectivity index (χ0n) is 23.9. The second-order valence-electron chi connectivity index (χ2n) is 10.2. The summed E-state index contributed by atoms with van der Waals surface area (Å²) in [4.78, 5) is 26.0. The van der Waals surface area contributed by atoms with Crippen molar-refractivity contribution in [1.29, 1.82) is 0 Å². The van der Waals surface area contributed by atoms with Crippen molar-refractivity contribution in [3.63, 3.8) is 0 Å². The number of carbonyl (C=O) groups excluding carboxylic acids is 2. The Morgan fingerprint density at radius 3 is 1.65 bits per heavy atom. The largest absolute Gasteiger partial charge is 0.461 e. The van der Waals surface area contributed by atoms with Crippen LogP contribution in [0.5, 0.6) is 0 Å². The lowest BCUT2D eigenvalue weighted by atomic mass is 10.1. The molecule has 7 nitrogen and oxygen atoms in total. The molecule has 0 saturated carbocycles. The zero-order valence-corrected chi connectivity index (χ0v) is 25.8. The van der Waals surface area contributed by atoms with Crippen LogP contribution in [0.15, 0.2) is 121 Å². The van der Waals surface area contributed by atoms with Gasteiger partial charge < -0.3 is 9.47 Å². The Balaban J connectivity index is 1.49. The summed E-state index contributed by atoms with van der Waals surface area (Å²) in [5, 5.41) is 0. The number of esters is 2. The standard InChI is InChI=1S/C34H36O7P2/c35-33(39-23-28-13-5-1-6-14-28)22-21-32(34(36)40-24-29-15-7-2-8-16-29)27-43(38,26-31-19-11-4-12-20-31)41-42(37)25-30-17-9-3-10-18-30/h1-20,32,42H,21-27H2. The van der Waals surface area contributed by atoms with Gasteiger partial charge in [0.05, 0.1) is 12.1 Å². The maximum atomic E-state index is 14.4. The first-order valence-electron chi connectivity index (χ1n) is 14.2. The highest BCUT2D eigenvalue weighted by Gasteiger charge is 2.35. The van der Waals surface area contributed by atoms with Gasteiger partial charge in [-0.3, -0.25) is 23.0 Å². The molecule has 4 rings (SSSR count). The fraction of sp³-hybridized carbons (Fsp3) is 0.235. The average molecular weight is 619 g/mol. The molecule has 0 aliphatic carbocycles. The van der Waals surface area contributed by atoms with E-state index < -0.39 is 33.3 Å². The second-order valence-corrected chi connectivity index (χ2v) is 14.4. The van der Waals surface area contributed by atoms with Gasteiger partial charge in [0.1, 0.15) is 13.2 Å². The summed E-state index contributed by atoms with van der Waals surface area (Å²) in [6.07, 6.45) is -0.128. The highest BCUT2D eigenvalue weighted by atomic mass is 31.2. The average Bonchev–Trinajstić information content (AvgIpc) is 3.02. The highest BCUT2D eigenvalue weighted by Crippen LogP contribution is 2.59. The van der Waals surface area contributed by atoms with Crippen LogP contribution in [0.3, 0.4) is 0 Å². The third-order valence-electron chi connectivity index (χ3n) is 6.72. The van der Waals surface area contributed by atoms with Gasteiger partial charge in [-0.1, -0.05) is 121 Å². The number of hydrogen-bond donors (Lipinski definition) is 0. The monoisotopic (exact) mass is 618 g/mol. The molecule has 4 aromatic carbocycles. The molecule has 0 radical (unpaired) electrons. The Kier molecular flexibility index (Phi) is 12.5. The van der Waals surface area contributed by atoms with Crippen LogP contribution in [0.2, 0.25) is 0 Å². The molecule has 0 bridgehead atoms. The van der Waals surface area contributed by atoms with E-state index in [-0.39, 0.29) is 44.5 Å². The maximum absolute atomic E-state index is 14.4. The molecule has 0 saturated heterocycles. The molecule has 0 heterocycles. The SMILES string of the molecule is O=C(CCC(CP(=O)(Cc1ccccc1)O[PH](=O)Cc1ccccc1)C(=O)OCc1ccccc1)OCc1ccccc1. The Labute approximate surface area is 253 Å². The summed E-state index contributed by atoms with van der Waals surface area (Å²) in [6.45, 7) is 0.142. The molecule has 4 aromatic rings. The van der Waals surface area contributed by atoms with Crippen molar-refractivity contribution in [2.75, 3.05) is 6.16 Å². The number of rotatable bonds is 16. The molecule has 0 aliphatic heterocycles. The minimum absolute atomic E-state index is 0.0000444. The lowest BCUT2D eigenvalue weighted by Crippen LogP contribution is -2.23. The van der Waals surface area contributed by atoms with Crippen LogP contribution in [-0.4, -0.2) is 18.1 Å². The maximum Gasteiger partial charge on any atom is 0.309 e. The smallest absolute Gasteiger partial charge is 0.309 e. The summed E-state index contributed by atoms with van der Waals surface area (Å²) in [7, 11) is -6.45. The van der Waals surface area contributed by atoms with E-state index in [0.717, 1.165) is 22.3 Å². The Bertz CT molecular complexity index is 1500. The van der Waals surface area contributed by atoms with Crippen LogP contribution in [0.4, 0.5) is 0 Å². The van der Waals surface area contributed by atoms with Gasteiger partial charge in [0.25, 0.3) is 0 Å². The molecule has 224 valence electrons. The summed E-state index contributed by atoms with van der Waals surface area (Å²) < 4.78 is 44.5. The van der Waals surface area contributed by atoms with Gasteiger partial charge in [-0.25, -0.2) is 0 Å². The Morgan fingerprint density at radius 2 is 1.12 bits per heavy atom. The summed E-state index contributed by atoms with van der Waals surface area (Å²) >= 11 is 0. The lowest BCUT2D eigenvalue weighted by Gasteiger charge is -2.23. The van der Waals surface area contributed by atoms with Gasteiger partial charge in [-0.15, -0.1) is 0 Å². The molecule has 0 spiro atoms. The number of carbonyl (C=O) groups is 2. The molecule has 0 fully saturated rings. The van der Waals surface area contributed by atoms with Crippen LogP contribution in [-0.2, 0) is 58.0 Å². The molecule has 0 aromatic heterocycles. The number of benzene rings is 4. The fourth-order valence-corrected chi connectivity index (χ4v) is 9.31. The molecule has 9 heteroatoms. The van der Waals surface area contributed by atoms with Crippen molar-refractivity contribution in [2.24, 2.45) is 5.92 Å². The normalized spacial score (nSPS) is 13.8. The highest BCUT2D eigenvalue weighted by molar-refractivity contribution is 7.64. The predicted molar refractivity (Wildman–Crippen MR) is 168 cm³/mol. The zero-order chi connectivity index (χ0) is 30.3. The van der Waals surface area contributed by atoms with Gasteiger partial charge in [0.15, 0.2) is 0 Å². The molecule has 0 N–H and O–H groups in total. The van der Waals surface area contributed by atoms with Crippen LogP contribution in [0.25, 0.3) is 0 Å². The molecule has 3 unspecified atom stereocenters. The summed E-state index contributed by atoms with van der Waals surface area (Å²) in [5.41, 5.74) is 3.18. The van der Waals surface area contributed by atoms with Gasteiger partial charge in [-0.05, 0) is 28.7 Å². The van der Waals surface area contributed by atoms with E-state index >= 15 is 0 Å². The van der Waals surface area contributed by atoms with Gasteiger partial charge in [-0.2, -0.15) is 0 Å². The van der Waals surface area contributed by atoms with Crippen LogP contribution >= 0.6 is 15.4 Å². The van der Waals surface area contributed by atoms with E-state index in [1.54, 1.807) is 0 Å². The first-order valence-corrected chi connectivity index (χ1v) is 17.7. The number of ether oxygens (including phenoxy) is 2. The van der Waals surface area contributed by atoms with Crippen molar-refractivity contribution in [1.82, 2.24) is 0 Å². The third-order valence-corrected chi connectivity index (χ3v) is 11.4. The van der Waals surface area contributed by atoms with E-state index in [1.165, 1.54) is 0 Å². The van der Waals surface area contributed by atoms with Gasteiger partial charge in [0.2, 0.25) is 15.4 Å². The van der Waals surface area contributed by atoms with E-state index in [2.05, 4.69) is 0 Å². The van der Waals surface area contributed by atoms with E-state index in [0.29, 0.717) is 0 Å². The molecular formula is C34H36O7P2. The van der Waals surface area contributed by atoms with E-state index in [1.807, 2.05) is 121 Å². The minimum atomic E-state index is -3.68. The van der Waals surface area contributed by atoms with Crippen LogP contribution in [0.1, 0.15) is 35.1 Å². The van der Waals surface area contributed by atoms with Gasteiger partial charge >= 0.3 is 11.9 Å². The summed E-state index contributed by atoms with van der Waals surface area (Å²) in [6, 6.07) is 36.8. The van der Waals surface area contributed by atoms with Crippen molar-refractivity contribution in [2.45, 2.75) is 38.4 Å². The topological polar surface area (TPSA) is 96.0 Å². The van der Waals surface area contributed by atoms with Gasteiger partial charge in [0, 0.05) is 18.7 Å². The molecule has 43 heavy (non-hydrogen) atoms. The second kappa shape index (κ2) is 16.8. The van der Waals surface area contributed by atoms with Crippen molar-refractivity contribution in [3.05, 3.63) is 144 Å². The minimum Gasteiger partial charge on any atom is -0.461 e. The first kappa shape index (κ1) is 32.2. The Hall–Kier alpha value is -3.76. The van der Waals surface area contributed by atoms with Crippen LogP contribution in [0, 0.1) is 5.92 Å². The fourth-order valence-electron chi connectivity index (χ4n) is 4.54. The van der Waals surface area contributed by atoms with E-state index in [4.69, 9.17) is 13.8 Å². The summed E-state index contributed by atoms with van der Waals surface area (Å²) in [5.74, 6) is -2.02. The van der Waals surface area contributed by atoms with Crippen LogP contribution < -0.4 is 0 Å².